The highest BCUT2D eigenvalue weighted by Gasteiger charge is 2.23. The first kappa shape index (κ1) is 10.1. The van der Waals surface area contributed by atoms with Crippen molar-refractivity contribution in [2.24, 2.45) is 5.84 Å². The maximum atomic E-state index is 12.7. The number of nitrogen functional groups attached to an aromatic ring is 1. The highest BCUT2D eigenvalue weighted by molar-refractivity contribution is 6.31. The minimum atomic E-state index is -1.69. The van der Waals surface area contributed by atoms with E-state index in [0.29, 0.717) is 0 Å². The lowest BCUT2D eigenvalue weighted by Gasteiger charge is -2.06. The third kappa shape index (κ3) is 1.42. The number of hydrazine groups is 1. The fourth-order valence-electron chi connectivity index (χ4n) is 0.732. The zero-order valence-electron chi connectivity index (χ0n) is 5.97. The Morgan fingerprint density at radius 3 is 1.62 bits per heavy atom. The first-order valence-corrected chi connectivity index (χ1v) is 3.36. The quantitative estimate of drug-likeness (QED) is 0.247. The predicted molar refractivity (Wildman–Crippen MR) is 39.1 cm³/mol. The summed E-state index contributed by atoms with van der Waals surface area (Å²) in [5.74, 6) is -2.06. The van der Waals surface area contributed by atoms with Crippen molar-refractivity contribution in [3.05, 3.63) is 28.3 Å². The Bertz CT molecular complexity index is 326. The first-order valence-electron chi connectivity index (χ1n) is 2.98. The molecular formula is C6H3ClF4N2. The van der Waals surface area contributed by atoms with E-state index in [4.69, 9.17) is 11.6 Å². The van der Waals surface area contributed by atoms with Crippen LogP contribution in [0.1, 0.15) is 0 Å². The number of hydrogen-bond donors (Lipinski definition) is 2. The minimum Gasteiger partial charge on any atom is -0.319 e. The van der Waals surface area contributed by atoms with Gasteiger partial charge in [-0.15, -0.1) is 0 Å². The van der Waals surface area contributed by atoms with Crippen LogP contribution in [0.15, 0.2) is 0 Å². The molecule has 0 unspecified atom stereocenters. The fourth-order valence-corrected chi connectivity index (χ4v) is 0.898. The number of nitrogens with two attached hydrogens (primary N) is 1. The van der Waals surface area contributed by atoms with Gasteiger partial charge in [0.1, 0.15) is 10.7 Å². The average Bonchev–Trinajstić information content (AvgIpc) is 2.13. The topological polar surface area (TPSA) is 38.0 Å². The second-order valence-corrected chi connectivity index (χ2v) is 2.47. The molecule has 0 aliphatic carbocycles. The van der Waals surface area contributed by atoms with Crippen molar-refractivity contribution < 1.29 is 17.6 Å². The summed E-state index contributed by atoms with van der Waals surface area (Å²) in [6.07, 6.45) is 0. The lowest BCUT2D eigenvalue weighted by Crippen LogP contribution is -2.13. The van der Waals surface area contributed by atoms with Gasteiger partial charge >= 0.3 is 0 Å². The Morgan fingerprint density at radius 2 is 1.31 bits per heavy atom. The Balaban J connectivity index is 3.56. The van der Waals surface area contributed by atoms with Gasteiger partial charge < -0.3 is 5.43 Å². The maximum absolute atomic E-state index is 12.7. The molecule has 1 rings (SSSR count). The molecule has 3 N–H and O–H groups in total. The fraction of sp³-hybridized carbons (Fsp3) is 0. The molecule has 72 valence electrons. The third-order valence-electron chi connectivity index (χ3n) is 1.35. The normalized spacial score (nSPS) is 10.3. The second kappa shape index (κ2) is 3.39. The van der Waals surface area contributed by atoms with Crippen LogP contribution in [0.25, 0.3) is 0 Å². The summed E-state index contributed by atoms with van der Waals surface area (Å²) in [6.45, 7) is 0. The molecular weight excluding hydrogens is 212 g/mol. The van der Waals surface area contributed by atoms with Gasteiger partial charge in [-0.05, 0) is 0 Å². The molecule has 0 saturated heterocycles. The zero-order valence-corrected chi connectivity index (χ0v) is 6.72. The molecule has 0 bridgehead atoms. The standard InChI is InChI=1S/C6H3ClF4N2/c7-1-2(8)4(10)6(13-12)5(11)3(1)9/h13H,12H2. The Morgan fingerprint density at radius 1 is 0.923 bits per heavy atom. The van der Waals surface area contributed by atoms with Crippen LogP contribution in [0.4, 0.5) is 23.2 Å². The number of anilines is 1. The number of nitrogens with one attached hydrogen (secondary N) is 1. The second-order valence-electron chi connectivity index (χ2n) is 2.09. The van der Waals surface area contributed by atoms with E-state index in [1.54, 1.807) is 0 Å². The predicted octanol–water partition coefficient (Wildman–Crippen LogP) is 2.18. The lowest BCUT2D eigenvalue weighted by molar-refractivity contribution is 0.459. The molecule has 1 aromatic rings. The summed E-state index contributed by atoms with van der Waals surface area (Å²) in [6, 6.07) is 0. The first-order chi connectivity index (χ1) is 6.00. The molecule has 1 aromatic carbocycles. The molecule has 0 heterocycles. The summed E-state index contributed by atoms with van der Waals surface area (Å²) >= 11 is 4.92. The Hall–Kier alpha value is -1.01. The van der Waals surface area contributed by atoms with Crippen LogP contribution in [0.2, 0.25) is 5.02 Å². The van der Waals surface area contributed by atoms with Gasteiger partial charge in [0, 0.05) is 0 Å². The van der Waals surface area contributed by atoms with E-state index >= 15 is 0 Å². The van der Waals surface area contributed by atoms with Crippen molar-refractivity contribution in [1.82, 2.24) is 0 Å². The van der Waals surface area contributed by atoms with Gasteiger partial charge in [-0.2, -0.15) is 0 Å². The molecule has 0 aliphatic heterocycles. The average molecular weight is 215 g/mol. The molecule has 13 heavy (non-hydrogen) atoms. The third-order valence-corrected chi connectivity index (χ3v) is 1.69. The monoisotopic (exact) mass is 214 g/mol. The van der Waals surface area contributed by atoms with Gasteiger partial charge in [0.25, 0.3) is 0 Å². The molecule has 0 aromatic heterocycles. The largest absolute Gasteiger partial charge is 0.319 e. The van der Waals surface area contributed by atoms with Gasteiger partial charge in [-0.1, -0.05) is 11.6 Å². The zero-order chi connectivity index (χ0) is 10.2. The molecule has 0 fully saturated rings. The molecule has 2 nitrogen and oxygen atoms in total. The van der Waals surface area contributed by atoms with Gasteiger partial charge in [0.05, 0.1) is 0 Å². The van der Waals surface area contributed by atoms with Crippen LogP contribution in [0.5, 0.6) is 0 Å². The molecule has 0 saturated carbocycles. The van der Waals surface area contributed by atoms with Crippen LogP contribution in [-0.2, 0) is 0 Å². The van der Waals surface area contributed by atoms with Gasteiger partial charge in [0.2, 0.25) is 0 Å². The van der Waals surface area contributed by atoms with E-state index in [1.807, 2.05) is 0 Å². The summed E-state index contributed by atoms with van der Waals surface area (Å²) in [7, 11) is 0. The van der Waals surface area contributed by atoms with Crippen molar-refractivity contribution in [1.29, 1.82) is 0 Å². The van der Waals surface area contributed by atoms with Crippen LogP contribution in [0, 0.1) is 23.3 Å². The van der Waals surface area contributed by atoms with Crippen molar-refractivity contribution >= 4 is 17.3 Å². The molecule has 0 radical (unpaired) electrons. The summed E-state index contributed by atoms with van der Waals surface area (Å²) in [5, 5.41) is -1.24. The van der Waals surface area contributed by atoms with Crippen molar-refractivity contribution in [3.8, 4) is 0 Å². The van der Waals surface area contributed by atoms with Crippen molar-refractivity contribution in [2.75, 3.05) is 5.43 Å². The molecule has 0 spiro atoms. The van der Waals surface area contributed by atoms with E-state index in [-0.39, 0.29) is 0 Å². The highest BCUT2D eigenvalue weighted by Crippen LogP contribution is 2.30. The Kier molecular flexibility index (Phi) is 2.63. The van der Waals surface area contributed by atoms with Gasteiger partial charge in [-0.25, -0.2) is 17.6 Å². The van der Waals surface area contributed by atoms with E-state index in [2.05, 4.69) is 5.84 Å². The SMILES string of the molecule is NNc1c(F)c(F)c(Cl)c(F)c1F. The van der Waals surface area contributed by atoms with Gasteiger partial charge in [0.15, 0.2) is 23.3 Å². The number of hydrogen-bond acceptors (Lipinski definition) is 2. The summed E-state index contributed by atoms with van der Waals surface area (Å²) < 4.78 is 50.6. The van der Waals surface area contributed by atoms with Crippen LogP contribution in [0.3, 0.4) is 0 Å². The van der Waals surface area contributed by atoms with Crippen LogP contribution in [-0.4, -0.2) is 0 Å². The number of rotatable bonds is 1. The minimum absolute atomic E-state index is 1.10. The van der Waals surface area contributed by atoms with E-state index in [0.717, 1.165) is 0 Å². The Labute approximate surface area is 75.3 Å². The maximum Gasteiger partial charge on any atom is 0.187 e. The van der Waals surface area contributed by atoms with Crippen LogP contribution < -0.4 is 11.3 Å². The number of benzene rings is 1. The number of halogens is 5. The van der Waals surface area contributed by atoms with Crippen LogP contribution >= 0.6 is 11.6 Å². The smallest absolute Gasteiger partial charge is 0.187 e. The molecule has 0 aliphatic rings. The summed E-state index contributed by atoms with van der Waals surface area (Å²) in [5.41, 5.74) is 0.386. The highest BCUT2D eigenvalue weighted by atomic mass is 35.5. The van der Waals surface area contributed by atoms with Crippen molar-refractivity contribution in [3.63, 3.8) is 0 Å². The van der Waals surface area contributed by atoms with Crippen molar-refractivity contribution in [2.45, 2.75) is 0 Å². The van der Waals surface area contributed by atoms with Gasteiger partial charge in [-0.3, -0.25) is 5.84 Å². The molecule has 0 amide bonds. The lowest BCUT2D eigenvalue weighted by atomic mass is 10.2. The van der Waals surface area contributed by atoms with E-state index in [1.165, 1.54) is 5.43 Å². The van der Waals surface area contributed by atoms with E-state index in [9.17, 15) is 17.6 Å². The molecule has 0 atom stereocenters. The van der Waals surface area contributed by atoms with E-state index < -0.39 is 34.0 Å². The summed E-state index contributed by atoms with van der Waals surface area (Å²) in [4.78, 5) is 0. The molecule has 7 heteroatoms.